The van der Waals surface area contributed by atoms with Crippen molar-refractivity contribution >= 4 is 17.5 Å². The maximum Gasteiger partial charge on any atom is 0.239 e. The van der Waals surface area contributed by atoms with Crippen LogP contribution in [0.5, 0.6) is 5.75 Å². The summed E-state index contributed by atoms with van der Waals surface area (Å²) in [5.41, 5.74) is 6.04. The van der Waals surface area contributed by atoms with E-state index in [0.717, 1.165) is 19.3 Å². The van der Waals surface area contributed by atoms with Gasteiger partial charge in [-0.1, -0.05) is 44.0 Å². The van der Waals surface area contributed by atoms with Gasteiger partial charge in [0.1, 0.15) is 11.9 Å². The van der Waals surface area contributed by atoms with Crippen LogP contribution in [0.1, 0.15) is 33.1 Å². The van der Waals surface area contributed by atoms with E-state index in [1.165, 1.54) is 0 Å². The molecule has 2 rings (SSSR count). The Hall–Kier alpha value is -1.26. The van der Waals surface area contributed by atoms with Gasteiger partial charge in [-0.05, 0) is 18.1 Å². The highest BCUT2D eigenvalue weighted by molar-refractivity contribution is 6.32. The molecule has 2 unspecified atom stereocenters. The summed E-state index contributed by atoms with van der Waals surface area (Å²) in [5.74, 6) is 0.986. The van der Waals surface area contributed by atoms with Gasteiger partial charge >= 0.3 is 0 Å². The van der Waals surface area contributed by atoms with Crippen LogP contribution in [0.3, 0.4) is 0 Å². The number of hydrogen-bond donors (Lipinski definition) is 1. The van der Waals surface area contributed by atoms with E-state index in [9.17, 15) is 4.79 Å². The topological polar surface area (TPSA) is 55.6 Å². The molecule has 1 aromatic carbocycles. The summed E-state index contributed by atoms with van der Waals surface area (Å²) in [6.07, 6.45) is 2.64. The molecule has 1 aliphatic rings. The van der Waals surface area contributed by atoms with Crippen molar-refractivity contribution in [2.45, 2.75) is 45.3 Å². The minimum Gasteiger partial charge on any atom is -0.489 e. The molecule has 0 aromatic heterocycles. The van der Waals surface area contributed by atoms with Crippen LogP contribution in [0, 0.1) is 5.92 Å². The second-order valence-electron chi connectivity index (χ2n) is 5.98. The second-order valence-corrected chi connectivity index (χ2v) is 6.39. The first kappa shape index (κ1) is 17.1. The van der Waals surface area contributed by atoms with Crippen molar-refractivity contribution in [1.82, 2.24) is 4.90 Å². The largest absolute Gasteiger partial charge is 0.489 e. The van der Waals surface area contributed by atoms with Crippen LogP contribution in [0.25, 0.3) is 0 Å². The zero-order valence-electron chi connectivity index (χ0n) is 13.3. The zero-order chi connectivity index (χ0) is 16.1. The van der Waals surface area contributed by atoms with Crippen LogP contribution in [-0.4, -0.2) is 36.0 Å². The molecule has 122 valence electrons. The number of amides is 1. The molecule has 2 N–H and O–H groups in total. The predicted molar refractivity (Wildman–Crippen MR) is 89.1 cm³/mol. The molecule has 0 bridgehead atoms. The molecule has 5 heteroatoms. The summed E-state index contributed by atoms with van der Waals surface area (Å²) in [6.45, 7) is 5.47. The molecule has 1 heterocycles. The number of benzene rings is 1. The molecule has 1 fully saturated rings. The van der Waals surface area contributed by atoms with E-state index in [0.29, 0.717) is 23.9 Å². The van der Waals surface area contributed by atoms with E-state index in [-0.39, 0.29) is 17.9 Å². The molecular weight excluding hydrogens is 300 g/mol. The summed E-state index contributed by atoms with van der Waals surface area (Å²) in [7, 11) is 0. The predicted octanol–water partition coefficient (Wildman–Crippen LogP) is 3.08. The Labute approximate surface area is 137 Å². The van der Waals surface area contributed by atoms with Gasteiger partial charge in [-0.2, -0.15) is 0 Å². The van der Waals surface area contributed by atoms with E-state index >= 15 is 0 Å². The van der Waals surface area contributed by atoms with Crippen LogP contribution in [0.4, 0.5) is 0 Å². The van der Waals surface area contributed by atoms with Gasteiger partial charge < -0.3 is 15.4 Å². The fraction of sp³-hybridized carbons (Fsp3) is 0.588. The zero-order valence-corrected chi connectivity index (χ0v) is 14.1. The van der Waals surface area contributed by atoms with Crippen LogP contribution in [0.2, 0.25) is 5.02 Å². The van der Waals surface area contributed by atoms with E-state index in [1.807, 2.05) is 36.1 Å². The molecule has 0 spiro atoms. The van der Waals surface area contributed by atoms with E-state index in [4.69, 9.17) is 22.1 Å². The molecule has 0 aliphatic carbocycles. The average molecular weight is 325 g/mol. The van der Waals surface area contributed by atoms with Crippen molar-refractivity contribution < 1.29 is 9.53 Å². The number of piperidine rings is 1. The summed E-state index contributed by atoms with van der Waals surface area (Å²) in [5, 5.41) is 0.625. The van der Waals surface area contributed by atoms with E-state index < -0.39 is 6.04 Å². The van der Waals surface area contributed by atoms with Gasteiger partial charge in [-0.15, -0.1) is 0 Å². The fourth-order valence-electron chi connectivity index (χ4n) is 2.62. The van der Waals surface area contributed by atoms with Gasteiger partial charge in [-0.3, -0.25) is 4.79 Å². The van der Waals surface area contributed by atoms with Crippen molar-refractivity contribution in [2.75, 3.05) is 13.1 Å². The third-order valence-electron chi connectivity index (χ3n) is 4.43. The third-order valence-corrected chi connectivity index (χ3v) is 4.74. The number of carbonyl (C=O) groups is 1. The Morgan fingerprint density at radius 1 is 1.41 bits per heavy atom. The van der Waals surface area contributed by atoms with Gasteiger partial charge in [-0.25, -0.2) is 0 Å². The summed E-state index contributed by atoms with van der Waals surface area (Å²) in [4.78, 5) is 14.2. The lowest BCUT2D eigenvalue weighted by Gasteiger charge is -2.34. The number of nitrogens with zero attached hydrogens (tertiary/aromatic N) is 1. The van der Waals surface area contributed by atoms with Gasteiger partial charge in [0.25, 0.3) is 0 Å². The molecule has 1 amide bonds. The highest BCUT2D eigenvalue weighted by atomic mass is 35.5. The second kappa shape index (κ2) is 7.84. The number of para-hydroxylation sites is 1. The van der Waals surface area contributed by atoms with Crippen molar-refractivity contribution in [3.63, 3.8) is 0 Å². The Bertz CT molecular complexity index is 501. The maximum absolute atomic E-state index is 12.4. The molecule has 22 heavy (non-hydrogen) atoms. The van der Waals surface area contributed by atoms with Gasteiger partial charge in [0.2, 0.25) is 5.91 Å². The molecule has 4 nitrogen and oxygen atoms in total. The van der Waals surface area contributed by atoms with Crippen molar-refractivity contribution in [2.24, 2.45) is 11.7 Å². The fourth-order valence-corrected chi connectivity index (χ4v) is 2.80. The lowest BCUT2D eigenvalue weighted by Crippen LogP contribution is -2.50. The number of rotatable bonds is 5. The Morgan fingerprint density at radius 2 is 2.05 bits per heavy atom. The number of nitrogens with two attached hydrogens (primary N) is 1. The molecule has 0 saturated carbocycles. The van der Waals surface area contributed by atoms with Crippen LogP contribution in [-0.2, 0) is 4.79 Å². The summed E-state index contributed by atoms with van der Waals surface area (Å²) >= 11 is 6.11. The van der Waals surface area contributed by atoms with E-state index in [1.54, 1.807) is 0 Å². The molecule has 1 saturated heterocycles. The minimum atomic E-state index is -0.397. The normalized spacial score (nSPS) is 18.8. The molecule has 0 radical (unpaired) electrons. The van der Waals surface area contributed by atoms with Crippen molar-refractivity contribution in [3.05, 3.63) is 29.3 Å². The maximum atomic E-state index is 12.4. The van der Waals surface area contributed by atoms with E-state index in [2.05, 4.69) is 6.92 Å². The Morgan fingerprint density at radius 3 is 2.64 bits per heavy atom. The number of ether oxygens (including phenoxy) is 1. The van der Waals surface area contributed by atoms with Crippen molar-refractivity contribution in [3.8, 4) is 5.75 Å². The summed E-state index contributed by atoms with van der Waals surface area (Å²) in [6, 6.07) is 7.09. The van der Waals surface area contributed by atoms with Crippen LogP contribution >= 0.6 is 11.6 Å². The first-order chi connectivity index (χ1) is 10.5. The molecule has 1 aromatic rings. The Kier molecular flexibility index (Phi) is 6.09. The molecular formula is C17H25ClN2O2. The highest BCUT2D eigenvalue weighted by Gasteiger charge is 2.29. The monoisotopic (exact) mass is 324 g/mol. The average Bonchev–Trinajstić information content (AvgIpc) is 2.55. The quantitative estimate of drug-likeness (QED) is 0.905. The lowest BCUT2D eigenvalue weighted by molar-refractivity contribution is -0.135. The number of hydrogen-bond acceptors (Lipinski definition) is 3. The van der Waals surface area contributed by atoms with Crippen molar-refractivity contribution in [1.29, 1.82) is 0 Å². The minimum absolute atomic E-state index is 0.0607. The molecule has 1 aliphatic heterocycles. The number of halogens is 1. The third kappa shape index (κ3) is 4.14. The highest BCUT2D eigenvalue weighted by Crippen LogP contribution is 2.27. The lowest BCUT2D eigenvalue weighted by atomic mass is 9.97. The first-order valence-electron chi connectivity index (χ1n) is 7.98. The smallest absolute Gasteiger partial charge is 0.239 e. The van der Waals surface area contributed by atoms with Gasteiger partial charge in [0, 0.05) is 25.9 Å². The number of carbonyl (C=O) groups excluding carboxylic acids is 1. The van der Waals surface area contributed by atoms with Crippen LogP contribution in [0.15, 0.2) is 24.3 Å². The summed E-state index contributed by atoms with van der Waals surface area (Å²) < 4.78 is 5.94. The Balaban J connectivity index is 1.85. The SMILES string of the molecule is CCC(C)C(N)C(=O)N1CCC(Oc2ccccc2Cl)CC1. The first-order valence-corrected chi connectivity index (χ1v) is 8.36. The number of likely N-dealkylation sites (tertiary alicyclic amines) is 1. The standard InChI is InChI=1S/C17H25ClN2O2/c1-3-12(2)16(19)17(21)20-10-8-13(9-11-20)22-15-7-5-4-6-14(15)18/h4-7,12-13,16H,3,8-11,19H2,1-2H3. The molecule has 2 atom stereocenters. The van der Waals surface area contributed by atoms with Crippen LogP contribution < -0.4 is 10.5 Å². The van der Waals surface area contributed by atoms with Gasteiger partial charge in [0.15, 0.2) is 0 Å². The van der Waals surface area contributed by atoms with Gasteiger partial charge in [0.05, 0.1) is 11.1 Å².